The third-order valence-corrected chi connectivity index (χ3v) is 3.85. The lowest BCUT2D eigenvalue weighted by molar-refractivity contribution is -0.151. The molecule has 3 atom stereocenters. The van der Waals surface area contributed by atoms with Gasteiger partial charge in [-0.3, -0.25) is 0 Å². The fourth-order valence-electron chi connectivity index (χ4n) is 2.25. The van der Waals surface area contributed by atoms with E-state index in [0.29, 0.717) is 6.04 Å². The fraction of sp³-hybridized carbons (Fsp3) is 1.00. The molecule has 0 aliphatic heterocycles. The van der Waals surface area contributed by atoms with Crippen molar-refractivity contribution in [3.8, 4) is 0 Å². The Morgan fingerprint density at radius 1 is 1.21 bits per heavy atom. The van der Waals surface area contributed by atoms with Gasteiger partial charge in [-0.2, -0.15) is 0 Å². The summed E-state index contributed by atoms with van der Waals surface area (Å²) in [5.74, 6) is 0. The zero-order valence-corrected chi connectivity index (χ0v) is 13.2. The van der Waals surface area contributed by atoms with Crippen LogP contribution in [0.2, 0.25) is 0 Å². The molecule has 1 rings (SSSR count). The number of ether oxygens (including phenoxy) is 3. The van der Waals surface area contributed by atoms with E-state index in [2.05, 4.69) is 26.1 Å². The maximum Gasteiger partial charge on any atom is 0.0990 e. The molecule has 0 bridgehead atoms. The molecule has 1 aliphatic rings. The second-order valence-electron chi connectivity index (χ2n) is 5.84. The summed E-state index contributed by atoms with van der Waals surface area (Å²) in [6.07, 6.45) is 3.57. The van der Waals surface area contributed by atoms with E-state index in [-0.39, 0.29) is 17.8 Å². The molecule has 0 radical (unpaired) electrons. The highest BCUT2D eigenvalue weighted by molar-refractivity contribution is 4.97. The van der Waals surface area contributed by atoms with E-state index >= 15 is 0 Å². The highest BCUT2D eigenvalue weighted by Crippen LogP contribution is 2.28. The van der Waals surface area contributed by atoms with E-state index in [0.717, 1.165) is 39.0 Å². The van der Waals surface area contributed by atoms with Crippen LogP contribution in [0.5, 0.6) is 0 Å². The molecule has 1 saturated carbocycles. The van der Waals surface area contributed by atoms with Crippen LogP contribution in [-0.2, 0) is 14.2 Å². The summed E-state index contributed by atoms with van der Waals surface area (Å²) in [6.45, 7) is 10.9. The Hall–Kier alpha value is -0.160. The van der Waals surface area contributed by atoms with Crippen LogP contribution in [0.1, 0.15) is 47.0 Å². The van der Waals surface area contributed by atoms with Crippen molar-refractivity contribution in [1.29, 1.82) is 0 Å². The maximum absolute atomic E-state index is 5.95. The third-order valence-electron chi connectivity index (χ3n) is 3.85. The van der Waals surface area contributed by atoms with E-state index in [1.807, 2.05) is 6.92 Å². The predicted octanol–water partition coefficient (Wildman–Crippen LogP) is 2.36. The average Bonchev–Trinajstić information content (AvgIpc) is 2.38. The molecule has 3 unspecified atom stereocenters. The SMILES string of the molecule is CCCNC1CC(OCCC(C)(C)OC)C1OCC. The quantitative estimate of drug-likeness (QED) is 0.663. The molecule has 0 amide bonds. The van der Waals surface area contributed by atoms with Crippen LogP contribution >= 0.6 is 0 Å². The predicted molar refractivity (Wildman–Crippen MR) is 77.6 cm³/mol. The van der Waals surface area contributed by atoms with E-state index in [1.54, 1.807) is 7.11 Å². The average molecular weight is 273 g/mol. The van der Waals surface area contributed by atoms with Crippen LogP contribution in [0.4, 0.5) is 0 Å². The molecule has 0 saturated heterocycles. The van der Waals surface area contributed by atoms with Crippen LogP contribution in [0.15, 0.2) is 0 Å². The Morgan fingerprint density at radius 3 is 2.53 bits per heavy atom. The Labute approximate surface area is 118 Å². The summed E-state index contributed by atoms with van der Waals surface area (Å²) < 4.78 is 17.1. The number of methoxy groups -OCH3 is 1. The van der Waals surface area contributed by atoms with Crippen LogP contribution in [-0.4, -0.2) is 50.7 Å². The molecule has 0 spiro atoms. The van der Waals surface area contributed by atoms with Crippen molar-refractivity contribution in [3.63, 3.8) is 0 Å². The first-order valence-corrected chi connectivity index (χ1v) is 7.55. The van der Waals surface area contributed by atoms with Gasteiger partial charge in [0.05, 0.1) is 17.8 Å². The summed E-state index contributed by atoms with van der Waals surface area (Å²) in [5.41, 5.74) is -0.106. The monoisotopic (exact) mass is 273 g/mol. The van der Waals surface area contributed by atoms with Gasteiger partial charge in [0.2, 0.25) is 0 Å². The second kappa shape index (κ2) is 8.20. The first-order valence-electron chi connectivity index (χ1n) is 7.55. The minimum Gasteiger partial charge on any atom is -0.379 e. The van der Waals surface area contributed by atoms with Crippen molar-refractivity contribution in [2.24, 2.45) is 0 Å². The number of hydrogen-bond acceptors (Lipinski definition) is 4. The van der Waals surface area contributed by atoms with Crippen LogP contribution in [0.3, 0.4) is 0 Å². The number of nitrogens with one attached hydrogen (secondary N) is 1. The summed E-state index contributed by atoms with van der Waals surface area (Å²) in [5, 5.41) is 3.52. The standard InChI is InChI=1S/C15H31NO3/c1-6-9-16-12-11-13(14(12)18-7-2)19-10-8-15(3,4)17-5/h12-14,16H,6-11H2,1-5H3. The van der Waals surface area contributed by atoms with Crippen molar-refractivity contribution in [1.82, 2.24) is 5.32 Å². The smallest absolute Gasteiger partial charge is 0.0990 e. The van der Waals surface area contributed by atoms with Gasteiger partial charge in [0.15, 0.2) is 0 Å². The minimum absolute atomic E-state index is 0.106. The van der Waals surface area contributed by atoms with Gasteiger partial charge < -0.3 is 19.5 Å². The molecular weight excluding hydrogens is 242 g/mol. The van der Waals surface area contributed by atoms with Crippen molar-refractivity contribution < 1.29 is 14.2 Å². The molecule has 1 aliphatic carbocycles. The molecule has 1 fully saturated rings. The van der Waals surface area contributed by atoms with Gasteiger partial charge >= 0.3 is 0 Å². The molecule has 4 nitrogen and oxygen atoms in total. The molecular formula is C15H31NO3. The van der Waals surface area contributed by atoms with Gasteiger partial charge in [-0.1, -0.05) is 6.92 Å². The van der Waals surface area contributed by atoms with Gasteiger partial charge in [-0.05, 0) is 46.6 Å². The Bertz CT molecular complexity index is 246. The van der Waals surface area contributed by atoms with Gasteiger partial charge in [-0.25, -0.2) is 0 Å². The molecule has 0 aromatic carbocycles. The van der Waals surface area contributed by atoms with E-state index in [1.165, 1.54) is 0 Å². The lowest BCUT2D eigenvalue weighted by atomic mass is 9.85. The van der Waals surface area contributed by atoms with Gasteiger partial charge in [-0.15, -0.1) is 0 Å². The Kier molecular flexibility index (Phi) is 7.29. The van der Waals surface area contributed by atoms with Crippen LogP contribution in [0, 0.1) is 0 Å². The largest absolute Gasteiger partial charge is 0.379 e. The molecule has 1 N–H and O–H groups in total. The number of rotatable bonds is 10. The third kappa shape index (κ3) is 5.38. The first-order chi connectivity index (χ1) is 9.04. The molecule has 4 heteroatoms. The molecule has 0 aromatic rings. The van der Waals surface area contributed by atoms with Crippen molar-refractivity contribution in [2.45, 2.75) is 70.8 Å². The summed E-state index contributed by atoms with van der Waals surface area (Å²) >= 11 is 0. The summed E-state index contributed by atoms with van der Waals surface area (Å²) in [6, 6.07) is 0.459. The zero-order chi connectivity index (χ0) is 14.3. The summed E-state index contributed by atoms with van der Waals surface area (Å²) in [4.78, 5) is 0. The molecule has 114 valence electrons. The normalized spacial score (nSPS) is 27.3. The van der Waals surface area contributed by atoms with Crippen LogP contribution in [0.25, 0.3) is 0 Å². The van der Waals surface area contributed by atoms with Gasteiger partial charge in [0, 0.05) is 26.4 Å². The Morgan fingerprint density at radius 2 is 1.95 bits per heavy atom. The van der Waals surface area contributed by atoms with Crippen molar-refractivity contribution in [2.75, 3.05) is 26.9 Å². The topological polar surface area (TPSA) is 39.7 Å². The minimum atomic E-state index is -0.106. The summed E-state index contributed by atoms with van der Waals surface area (Å²) in [7, 11) is 1.75. The van der Waals surface area contributed by atoms with E-state index in [4.69, 9.17) is 14.2 Å². The van der Waals surface area contributed by atoms with E-state index in [9.17, 15) is 0 Å². The van der Waals surface area contributed by atoms with Gasteiger partial charge in [0.1, 0.15) is 0 Å². The van der Waals surface area contributed by atoms with Crippen LogP contribution < -0.4 is 5.32 Å². The molecule has 19 heavy (non-hydrogen) atoms. The lowest BCUT2D eigenvalue weighted by Crippen LogP contribution is -2.60. The number of hydrogen-bond donors (Lipinski definition) is 1. The second-order valence-corrected chi connectivity index (χ2v) is 5.84. The van der Waals surface area contributed by atoms with Gasteiger partial charge in [0.25, 0.3) is 0 Å². The molecule has 0 heterocycles. The molecule has 0 aromatic heterocycles. The van der Waals surface area contributed by atoms with Crippen molar-refractivity contribution in [3.05, 3.63) is 0 Å². The first kappa shape index (κ1) is 16.9. The lowest BCUT2D eigenvalue weighted by Gasteiger charge is -2.44. The van der Waals surface area contributed by atoms with Crippen molar-refractivity contribution >= 4 is 0 Å². The fourth-order valence-corrected chi connectivity index (χ4v) is 2.25. The Balaban J connectivity index is 2.26. The van der Waals surface area contributed by atoms with E-state index < -0.39 is 0 Å². The zero-order valence-electron chi connectivity index (χ0n) is 13.2. The maximum atomic E-state index is 5.95. The highest BCUT2D eigenvalue weighted by Gasteiger charge is 2.42. The highest BCUT2D eigenvalue weighted by atomic mass is 16.5.